The quantitative estimate of drug-likeness (QED) is 0.842. The van der Waals surface area contributed by atoms with Crippen LogP contribution in [0.5, 0.6) is 0 Å². The molecule has 0 unspecified atom stereocenters. The molecule has 0 spiro atoms. The first kappa shape index (κ1) is 14.0. The molecule has 1 N–H and O–H groups in total. The highest BCUT2D eigenvalue weighted by Gasteiger charge is 2.33. The van der Waals surface area contributed by atoms with Gasteiger partial charge in [0.25, 0.3) is 0 Å². The molecule has 0 aliphatic carbocycles. The Labute approximate surface area is 116 Å². The van der Waals surface area contributed by atoms with Gasteiger partial charge in [-0.15, -0.1) is 11.3 Å². The van der Waals surface area contributed by atoms with Crippen LogP contribution in [0.25, 0.3) is 0 Å². The van der Waals surface area contributed by atoms with E-state index in [1.54, 1.807) is 23.3 Å². The molecule has 1 aromatic rings. The van der Waals surface area contributed by atoms with Gasteiger partial charge in [0.2, 0.25) is 11.8 Å². The number of nitrogens with one attached hydrogen (secondary N) is 1. The number of likely N-dealkylation sites (tertiary alicyclic amines) is 1. The van der Waals surface area contributed by atoms with Gasteiger partial charge >= 0.3 is 0 Å². The van der Waals surface area contributed by atoms with E-state index in [0.29, 0.717) is 32.7 Å². The monoisotopic (exact) mass is 282 g/mol. The van der Waals surface area contributed by atoms with Gasteiger partial charge in [-0.1, -0.05) is 6.07 Å². The van der Waals surface area contributed by atoms with Gasteiger partial charge in [-0.3, -0.25) is 9.59 Å². The van der Waals surface area contributed by atoms with E-state index in [0.717, 1.165) is 4.88 Å². The largest absolute Gasteiger partial charge is 0.383 e. The second-order valence-electron chi connectivity index (χ2n) is 4.53. The molecular formula is C13H18N2O3S. The first-order valence-corrected chi connectivity index (χ1v) is 7.15. The van der Waals surface area contributed by atoms with E-state index in [-0.39, 0.29) is 17.7 Å². The molecule has 6 heteroatoms. The predicted molar refractivity (Wildman–Crippen MR) is 72.7 cm³/mol. The van der Waals surface area contributed by atoms with E-state index in [1.807, 2.05) is 17.5 Å². The van der Waals surface area contributed by atoms with Crippen molar-refractivity contribution in [3.05, 3.63) is 22.4 Å². The number of carbonyl (C=O) groups excluding carboxylic acids is 2. The lowest BCUT2D eigenvalue weighted by molar-refractivity contribution is -0.129. The van der Waals surface area contributed by atoms with Gasteiger partial charge in [0, 0.05) is 31.5 Å². The zero-order chi connectivity index (χ0) is 13.7. The summed E-state index contributed by atoms with van der Waals surface area (Å²) in [6.45, 7) is 2.11. The van der Waals surface area contributed by atoms with E-state index >= 15 is 0 Å². The standard InChI is InChI=1S/C13H18N2O3S/c1-18-5-4-15-9-10(7-12(15)16)13(17)14-8-11-3-2-6-19-11/h2-3,6,10H,4-5,7-9H2,1H3,(H,14,17)/t10-/m0/s1. The summed E-state index contributed by atoms with van der Waals surface area (Å²) < 4.78 is 4.95. The van der Waals surface area contributed by atoms with E-state index in [4.69, 9.17) is 4.74 Å². The molecule has 104 valence electrons. The zero-order valence-electron chi connectivity index (χ0n) is 10.9. The van der Waals surface area contributed by atoms with E-state index < -0.39 is 0 Å². The van der Waals surface area contributed by atoms with Crippen molar-refractivity contribution in [2.24, 2.45) is 5.92 Å². The third-order valence-electron chi connectivity index (χ3n) is 3.17. The fourth-order valence-corrected chi connectivity index (χ4v) is 2.74. The lowest BCUT2D eigenvalue weighted by atomic mass is 10.1. The number of ether oxygens (including phenoxy) is 1. The van der Waals surface area contributed by atoms with Crippen LogP contribution in [0.3, 0.4) is 0 Å². The smallest absolute Gasteiger partial charge is 0.225 e. The molecule has 1 aromatic heterocycles. The highest BCUT2D eigenvalue weighted by atomic mass is 32.1. The summed E-state index contributed by atoms with van der Waals surface area (Å²) in [6, 6.07) is 3.94. The Hall–Kier alpha value is -1.40. The summed E-state index contributed by atoms with van der Waals surface area (Å²) >= 11 is 1.61. The zero-order valence-corrected chi connectivity index (χ0v) is 11.7. The maximum absolute atomic E-state index is 12.0. The van der Waals surface area contributed by atoms with Gasteiger partial charge in [0.05, 0.1) is 19.1 Å². The van der Waals surface area contributed by atoms with Crippen molar-refractivity contribution in [1.29, 1.82) is 0 Å². The van der Waals surface area contributed by atoms with Crippen LogP contribution < -0.4 is 5.32 Å². The van der Waals surface area contributed by atoms with Crippen LogP contribution in [0.1, 0.15) is 11.3 Å². The van der Waals surface area contributed by atoms with Crippen LogP contribution in [0, 0.1) is 5.92 Å². The summed E-state index contributed by atoms with van der Waals surface area (Å²) in [5, 5.41) is 4.86. The van der Waals surface area contributed by atoms with Crippen LogP contribution >= 0.6 is 11.3 Å². The Morgan fingerprint density at radius 3 is 3.16 bits per heavy atom. The molecule has 0 saturated carbocycles. The molecule has 19 heavy (non-hydrogen) atoms. The third-order valence-corrected chi connectivity index (χ3v) is 4.04. The molecule has 5 nitrogen and oxygen atoms in total. The van der Waals surface area contributed by atoms with Crippen LogP contribution in [-0.4, -0.2) is 43.5 Å². The highest BCUT2D eigenvalue weighted by Crippen LogP contribution is 2.18. The fourth-order valence-electron chi connectivity index (χ4n) is 2.10. The summed E-state index contributed by atoms with van der Waals surface area (Å²) in [5.74, 6) is -0.237. The van der Waals surface area contributed by atoms with Crippen molar-refractivity contribution < 1.29 is 14.3 Å². The van der Waals surface area contributed by atoms with Crippen LogP contribution in [0.15, 0.2) is 17.5 Å². The molecular weight excluding hydrogens is 264 g/mol. The van der Waals surface area contributed by atoms with Crippen molar-refractivity contribution in [2.75, 3.05) is 26.8 Å². The number of carbonyl (C=O) groups is 2. The second kappa shape index (κ2) is 6.68. The Bertz CT molecular complexity index is 433. The number of amides is 2. The van der Waals surface area contributed by atoms with Gasteiger partial charge in [-0.2, -0.15) is 0 Å². The number of hydrogen-bond donors (Lipinski definition) is 1. The van der Waals surface area contributed by atoms with Crippen molar-refractivity contribution in [3.63, 3.8) is 0 Å². The number of hydrogen-bond acceptors (Lipinski definition) is 4. The molecule has 1 saturated heterocycles. The maximum Gasteiger partial charge on any atom is 0.225 e. The molecule has 0 aromatic carbocycles. The summed E-state index contributed by atoms with van der Waals surface area (Å²) in [7, 11) is 1.60. The van der Waals surface area contributed by atoms with Crippen LogP contribution in [0.4, 0.5) is 0 Å². The predicted octanol–water partition coefficient (Wildman–Crippen LogP) is 0.859. The Balaban J connectivity index is 1.79. The Morgan fingerprint density at radius 1 is 1.63 bits per heavy atom. The van der Waals surface area contributed by atoms with E-state index in [2.05, 4.69) is 5.32 Å². The normalized spacial score (nSPS) is 18.9. The lowest BCUT2D eigenvalue weighted by Gasteiger charge is -2.15. The highest BCUT2D eigenvalue weighted by molar-refractivity contribution is 7.09. The summed E-state index contributed by atoms with van der Waals surface area (Å²) in [5.41, 5.74) is 0. The summed E-state index contributed by atoms with van der Waals surface area (Å²) in [6.07, 6.45) is 0.306. The Morgan fingerprint density at radius 2 is 2.47 bits per heavy atom. The first-order valence-electron chi connectivity index (χ1n) is 6.27. The van der Waals surface area contributed by atoms with Crippen molar-refractivity contribution in [2.45, 2.75) is 13.0 Å². The fraction of sp³-hybridized carbons (Fsp3) is 0.538. The molecule has 2 rings (SSSR count). The van der Waals surface area contributed by atoms with Gasteiger partial charge in [-0.25, -0.2) is 0 Å². The number of nitrogens with zero attached hydrogens (tertiary/aromatic N) is 1. The average molecular weight is 282 g/mol. The molecule has 0 radical (unpaired) electrons. The van der Waals surface area contributed by atoms with Crippen molar-refractivity contribution >= 4 is 23.2 Å². The molecule has 1 aliphatic heterocycles. The molecule has 2 heterocycles. The van der Waals surface area contributed by atoms with Gasteiger partial charge < -0.3 is 15.0 Å². The molecule has 1 aliphatic rings. The lowest BCUT2D eigenvalue weighted by Crippen LogP contribution is -2.33. The van der Waals surface area contributed by atoms with Gasteiger partial charge in [0.1, 0.15) is 0 Å². The van der Waals surface area contributed by atoms with E-state index in [9.17, 15) is 9.59 Å². The topological polar surface area (TPSA) is 58.6 Å². The van der Waals surface area contributed by atoms with E-state index in [1.165, 1.54) is 0 Å². The molecule has 1 fully saturated rings. The van der Waals surface area contributed by atoms with Crippen molar-refractivity contribution in [1.82, 2.24) is 10.2 Å². The summed E-state index contributed by atoms with van der Waals surface area (Å²) in [4.78, 5) is 26.5. The number of thiophene rings is 1. The second-order valence-corrected chi connectivity index (χ2v) is 5.56. The molecule has 0 bridgehead atoms. The maximum atomic E-state index is 12.0. The SMILES string of the molecule is COCCN1C[C@@H](C(=O)NCc2cccs2)CC1=O. The van der Waals surface area contributed by atoms with Crippen LogP contribution in [0.2, 0.25) is 0 Å². The van der Waals surface area contributed by atoms with Crippen molar-refractivity contribution in [3.8, 4) is 0 Å². The molecule has 1 atom stereocenters. The minimum Gasteiger partial charge on any atom is -0.383 e. The first-order chi connectivity index (χ1) is 9.20. The molecule has 2 amide bonds. The number of rotatable bonds is 6. The average Bonchev–Trinajstić information content (AvgIpc) is 3.03. The van der Waals surface area contributed by atoms with Gasteiger partial charge in [0.15, 0.2) is 0 Å². The van der Waals surface area contributed by atoms with Crippen LogP contribution in [-0.2, 0) is 20.9 Å². The Kier molecular flexibility index (Phi) is 4.93. The minimum atomic E-state index is -0.232. The third kappa shape index (κ3) is 3.78. The number of methoxy groups -OCH3 is 1. The minimum absolute atomic E-state index is 0.0355. The van der Waals surface area contributed by atoms with Gasteiger partial charge in [-0.05, 0) is 11.4 Å².